The first kappa shape index (κ1) is 12.0. The number of nitrogens with one attached hydrogen (secondary N) is 1. The Balaban J connectivity index is 1.49. The van der Waals surface area contributed by atoms with E-state index < -0.39 is 0 Å². The Labute approximate surface area is 105 Å². The maximum absolute atomic E-state index is 10.0. The maximum Gasteiger partial charge on any atom is 0.0693 e. The van der Waals surface area contributed by atoms with Crippen LogP contribution in [0.15, 0.2) is 0 Å². The van der Waals surface area contributed by atoms with Crippen LogP contribution in [0.5, 0.6) is 0 Å². The highest BCUT2D eigenvalue weighted by molar-refractivity contribution is 4.90. The molecule has 3 aliphatic carbocycles. The van der Waals surface area contributed by atoms with Crippen LogP contribution in [-0.2, 0) is 0 Å². The van der Waals surface area contributed by atoms with E-state index in [1.165, 1.54) is 57.8 Å². The monoisotopic (exact) mass is 237 g/mol. The molecule has 17 heavy (non-hydrogen) atoms. The Hall–Kier alpha value is -0.0800. The van der Waals surface area contributed by atoms with E-state index in [0.717, 1.165) is 18.3 Å². The lowest BCUT2D eigenvalue weighted by molar-refractivity contribution is 0.0780. The van der Waals surface area contributed by atoms with Gasteiger partial charge in [0.1, 0.15) is 0 Å². The minimum Gasteiger partial charge on any atom is -0.392 e. The number of aliphatic hydroxyl groups excluding tert-OH is 1. The Morgan fingerprint density at radius 1 is 0.765 bits per heavy atom. The SMILES string of the molecule is OC1CCCCC1NC1CCCC(C2CC2)C1. The molecule has 0 heterocycles. The smallest absolute Gasteiger partial charge is 0.0693 e. The summed E-state index contributed by atoms with van der Waals surface area (Å²) in [5.41, 5.74) is 0. The van der Waals surface area contributed by atoms with Gasteiger partial charge in [0.05, 0.1) is 6.10 Å². The van der Waals surface area contributed by atoms with E-state index in [2.05, 4.69) is 5.32 Å². The first-order chi connectivity index (χ1) is 8.33. The van der Waals surface area contributed by atoms with Gasteiger partial charge in [-0.05, 0) is 50.4 Å². The summed E-state index contributed by atoms with van der Waals surface area (Å²) in [6, 6.07) is 1.10. The molecule has 0 aromatic carbocycles. The summed E-state index contributed by atoms with van der Waals surface area (Å²) in [6.07, 6.45) is 13.2. The first-order valence-electron chi connectivity index (χ1n) is 7.77. The van der Waals surface area contributed by atoms with Crippen LogP contribution < -0.4 is 5.32 Å². The quantitative estimate of drug-likeness (QED) is 0.791. The Morgan fingerprint density at radius 3 is 2.35 bits per heavy atom. The molecule has 0 spiro atoms. The fourth-order valence-electron chi connectivity index (χ4n) is 3.98. The molecule has 98 valence electrons. The summed E-state index contributed by atoms with van der Waals surface area (Å²) >= 11 is 0. The molecular formula is C15H27NO. The average molecular weight is 237 g/mol. The predicted molar refractivity (Wildman–Crippen MR) is 69.9 cm³/mol. The Morgan fingerprint density at radius 2 is 1.59 bits per heavy atom. The van der Waals surface area contributed by atoms with Gasteiger partial charge in [-0.25, -0.2) is 0 Å². The van der Waals surface area contributed by atoms with Gasteiger partial charge in [0.15, 0.2) is 0 Å². The third-order valence-corrected chi connectivity index (χ3v) is 5.18. The fraction of sp³-hybridized carbons (Fsp3) is 1.00. The molecule has 0 radical (unpaired) electrons. The summed E-state index contributed by atoms with van der Waals surface area (Å²) in [5.74, 6) is 2.07. The minimum absolute atomic E-state index is 0.0787. The zero-order valence-electron chi connectivity index (χ0n) is 10.9. The average Bonchev–Trinajstić information content (AvgIpc) is 3.17. The standard InChI is InChI=1S/C15H27NO/c17-15-7-2-1-6-14(15)16-13-5-3-4-12(10-13)11-8-9-11/h11-17H,1-10H2. The van der Waals surface area contributed by atoms with Gasteiger partial charge >= 0.3 is 0 Å². The van der Waals surface area contributed by atoms with Crippen molar-refractivity contribution in [1.29, 1.82) is 0 Å². The van der Waals surface area contributed by atoms with E-state index in [9.17, 15) is 5.11 Å². The lowest BCUT2D eigenvalue weighted by Gasteiger charge is -2.36. The highest BCUT2D eigenvalue weighted by Gasteiger charge is 2.35. The van der Waals surface area contributed by atoms with Crippen molar-refractivity contribution in [3.63, 3.8) is 0 Å². The van der Waals surface area contributed by atoms with Crippen LogP contribution in [-0.4, -0.2) is 23.3 Å². The Kier molecular flexibility index (Phi) is 3.72. The molecular weight excluding hydrogens is 210 g/mol. The molecule has 3 rings (SSSR count). The lowest BCUT2D eigenvalue weighted by atomic mass is 9.81. The molecule has 3 aliphatic rings. The van der Waals surface area contributed by atoms with Crippen molar-refractivity contribution in [2.45, 2.75) is 82.4 Å². The van der Waals surface area contributed by atoms with Crippen LogP contribution in [0.4, 0.5) is 0 Å². The van der Waals surface area contributed by atoms with Crippen LogP contribution in [0, 0.1) is 11.8 Å². The first-order valence-corrected chi connectivity index (χ1v) is 7.77. The van der Waals surface area contributed by atoms with Gasteiger partial charge in [-0.2, -0.15) is 0 Å². The molecule has 0 aromatic rings. The van der Waals surface area contributed by atoms with Crippen LogP contribution >= 0.6 is 0 Å². The molecule has 2 heteroatoms. The van der Waals surface area contributed by atoms with E-state index in [0.29, 0.717) is 12.1 Å². The predicted octanol–water partition coefficient (Wildman–Crippen LogP) is 2.85. The van der Waals surface area contributed by atoms with Crippen molar-refractivity contribution in [1.82, 2.24) is 5.32 Å². The maximum atomic E-state index is 10.0. The zero-order chi connectivity index (χ0) is 11.7. The van der Waals surface area contributed by atoms with Crippen molar-refractivity contribution < 1.29 is 5.11 Å². The number of rotatable bonds is 3. The third kappa shape index (κ3) is 3.03. The summed E-state index contributed by atoms with van der Waals surface area (Å²) in [7, 11) is 0. The Bertz CT molecular complexity index is 251. The van der Waals surface area contributed by atoms with Crippen molar-refractivity contribution in [3.05, 3.63) is 0 Å². The second kappa shape index (κ2) is 5.27. The second-order valence-corrected chi connectivity index (χ2v) is 6.59. The molecule has 3 saturated carbocycles. The van der Waals surface area contributed by atoms with Gasteiger partial charge in [0.25, 0.3) is 0 Å². The number of aliphatic hydroxyl groups is 1. The molecule has 3 fully saturated rings. The third-order valence-electron chi connectivity index (χ3n) is 5.18. The van der Waals surface area contributed by atoms with Gasteiger partial charge in [0, 0.05) is 12.1 Å². The molecule has 0 aromatic heterocycles. The summed E-state index contributed by atoms with van der Waals surface area (Å²) in [4.78, 5) is 0. The number of hydrogen-bond acceptors (Lipinski definition) is 2. The van der Waals surface area contributed by atoms with Crippen LogP contribution in [0.25, 0.3) is 0 Å². The zero-order valence-corrected chi connectivity index (χ0v) is 10.9. The van der Waals surface area contributed by atoms with Gasteiger partial charge in [-0.3, -0.25) is 0 Å². The molecule has 2 nitrogen and oxygen atoms in total. The van der Waals surface area contributed by atoms with Gasteiger partial charge < -0.3 is 10.4 Å². The van der Waals surface area contributed by atoms with Crippen molar-refractivity contribution >= 4 is 0 Å². The van der Waals surface area contributed by atoms with Gasteiger partial charge in [0.2, 0.25) is 0 Å². The van der Waals surface area contributed by atoms with Crippen LogP contribution in [0.3, 0.4) is 0 Å². The van der Waals surface area contributed by atoms with E-state index in [1.54, 1.807) is 0 Å². The normalized spacial score (nSPS) is 43.6. The summed E-state index contributed by atoms with van der Waals surface area (Å²) in [5, 5.41) is 13.8. The molecule has 0 bridgehead atoms. The van der Waals surface area contributed by atoms with E-state index >= 15 is 0 Å². The fourth-order valence-corrected chi connectivity index (χ4v) is 3.98. The lowest BCUT2D eigenvalue weighted by Crippen LogP contribution is -2.48. The van der Waals surface area contributed by atoms with Crippen molar-refractivity contribution in [2.75, 3.05) is 0 Å². The molecule has 2 N–H and O–H groups in total. The van der Waals surface area contributed by atoms with Crippen molar-refractivity contribution in [2.24, 2.45) is 11.8 Å². The van der Waals surface area contributed by atoms with Crippen LogP contribution in [0.1, 0.15) is 64.2 Å². The van der Waals surface area contributed by atoms with Gasteiger partial charge in [-0.1, -0.05) is 25.7 Å². The topological polar surface area (TPSA) is 32.3 Å². The molecule has 4 atom stereocenters. The van der Waals surface area contributed by atoms with E-state index in [4.69, 9.17) is 0 Å². The van der Waals surface area contributed by atoms with Gasteiger partial charge in [-0.15, -0.1) is 0 Å². The van der Waals surface area contributed by atoms with E-state index in [-0.39, 0.29) is 6.10 Å². The second-order valence-electron chi connectivity index (χ2n) is 6.59. The summed E-state index contributed by atoms with van der Waals surface area (Å²) in [6.45, 7) is 0. The molecule has 4 unspecified atom stereocenters. The highest BCUT2D eigenvalue weighted by Crippen LogP contribution is 2.44. The largest absolute Gasteiger partial charge is 0.392 e. The molecule has 0 aliphatic heterocycles. The summed E-state index contributed by atoms with van der Waals surface area (Å²) < 4.78 is 0. The molecule has 0 saturated heterocycles. The van der Waals surface area contributed by atoms with E-state index in [1.807, 2.05) is 0 Å². The highest BCUT2D eigenvalue weighted by atomic mass is 16.3. The van der Waals surface area contributed by atoms with Crippen LogP contribution in [0.2, 0.25) is 0 Å². The number of hydrogen-bond donors (Lipinski definition) is 2. The molecule has 0 amide bonds. The minimum atomic E-state index is -0.0787. The van der Waals surface area contributed by atoms with Crippen molar-refractivity contribution in [3.8, 4) is 0 Å².